The van der Waals surface area contributed by atoms with Crippen LogP contribution in [0.25, 0.3) is 0 Å². The Morgan fingerprint density at radius 1 is 1.57 bits per heavy atom. The first-order valence-corrected chi connectivity index (χ1v) is 6.31. The quantitative estimate of drug-likeness (QED) is 0.607. The third-order valence-electron chi connectivity index (χ3n) is 2.35. The zero-order valence-electron chi connectivity index (χ0n) is 10.7. The molecule has 0 aliphatic carbocycles. The molecule has 0 saturated carbocycles. The number of aromatic nitrogens is 4. The molecule has 1 N–H and O–H groups in total. The van der Waals surface area contributed by atoms with Crippen molar-refractivity contribution in [1.29, 1.82) is 0 Å². The molecule has 0 amide bonds. The number of nitro benzene ring substituents is 1. The number of para-hydroxylation sites is 1. The number of hydrogen-bond acceptors (Lipinski definition) is 8. The van der Waals surface area contributed by atoms with Crippen LogP contribution in [0.5, 0.6) is 5.75 Å². The SMILES string of the molecule is COc1cccc(Sc2nnnn2CC(=O)O)c1[N+](=O)[O-]. The lowest BCUT2D eigenvalue weighted by atomic mass is 10.3. The summed E-state index contributed by atoms with van der Waals surface area (Å²) in [6.07, 6.45) is 0. The van der Waals surface area contributed by atoms with Crippen LogP contribution in [-0.4, -0.2) is 43.3 Å². The molecule has 2 aromatic rings. The van der Waals surface area contributed by atoms with Crippen molar-refractivity contribution in [3.63, 3.8) is 0 Å². The highest BCUT2D eigenvalue weighted by atomic mass is 32.2. The van der Waals surface area contributed by atoms with Gasteiger partial charge in [-0.05, 0) is 34.3 Å². The highest BCUT2D eigenvalue weighted by molar-refractivity contribution is 7.99. The number of hydrogen-bond donors (Lipinski definition) is 1. The number of carboxylic acids is 1. The van der Waals surface area contributed by atoms with Crippen LogP contribution in [0.3, 0.4) is 0 Å². The molecule has 110 valence electrons. The number of carboxylic acid groups (broad SMARTS) is 1. The van der Waals surface area contributed by atoms with Gasteiger partial charge in [0.1, 0.15) is 6.54 Å². The van der Waals surface area contributed by atoms with E-state index in [1.807, 2.05) is 0 Å². The summed E-state index contributed by atoms with van der Waals surface area (Å²) in [4.78, 5) is 21.5. The van der Waals surface area contributed by atoms with Crippen molar-refractivity contribution in [2.45, 2.75) is 16.6 Å². The Labute approximate surface area is 121 Å². The first-order valence-electron chi connectivity index (χ1n) is 5.50. The van der Waals surface area contributed by atoms with Gasteiger partial charge in [0.2, 0.25) is 5.16 Å². The molecular formula is C10H9N5O5S. The Kier molecular flexibility index (Phi) is 4.33. The standard InChI is InChI=1S/C10H9N5O5S/c1-20-6-3-2-4-7(9(6)15(18)19)21-10-11-12-13-14(10)5-8(16)17/h2-4H,5H2,1H3,(H,16,17). The molecule has 0 aliphatic rings. The van der Waals surface area contributed by atoms with E-state index in [-0.39, 0.29) is 21.5 Å². The molecule has 1 heterocycles. The maximum atomic E-state index is 11.2. The van der Waals surface area contributed by atoms with Crippen LogP contribution in [0.1, 0.15) is 0 Å². The lowest BCUT2D eigenvalue weighted by molar-refractivity contribution is -0.388. The molecule has 0 aliphatic heterocycles. The van der Waals surface area contributed by atoms with E-state index in [9.17, 15) is 14.9 Å². The van der Waals surface area contributed by atoms with Gasteiger partial charge in [0.15, 0.2) is 5.75 Å². The second-order valence-electron chi connectivity index (χ2n) is 3.68. The summed E-state index contributed by atoms with van der Waals surface area (Å²) in [7, 11) is 1.32. The van der Waals surface area contributed by atoms with Gasteiger partial charge >= 0.3 is 11.7 Å². The smallest absolute Gasteiger partial charge is 0.325 e. The average molecular weight is 311 g/mol. The van der Waals surface area contributed by atoms with Crippen LogP contribution >= 0.6 is 11.8 Å². The second-order valence-corrected chi connectivity index (χ2v) is 4.69. The van der Waals surface area contributed by atoms with Gasteiger partial charge in [-0.1, -0.05) is 6.07 Å². The summed E-state index contributed by atoms with van der Waals surface area (Å²) < 4.78 is 5.99. The zero-order valence-corrected chi connectivity index (χ0v) is 11.5. The molecule has 0 saturated heterocycles. The molecule has 0 atom stereocenters. The third-order valence-corrected chi connectivity index (χ3v) is 3.37. The number of nitro groups is 1. The highest BCUT2D eigenvalue weighted by Crippen LogP contribution is 2.39. The lowest BCUT2D eigenvalue weighted by Crippen LogP contribution is -2.11. The summed E-state index contributed by atoms with van der Waals surface area (Å²) in [5.74, 6) is -1.02. The number of nitrogens with zero attached hydrogens (tertiary/aromatic N) is 5. The molecular weight excluding hydrogens is 302 g/mol. The zero-order chi connectivity index (χ0) is 15.4. The third kappa shape index (κ3) is 3.25. The molecule has 0 unspecified atom stereocenters. The predicted octanol–water partition coefficient (Wildman–Crippen LogP) is 0.826. The molecule has 11 heteroatoms. The van der Waals surface area contributed by atoms with Crippen LogP contribution < -0.4 is 4.74 Å². The summed E-state index contributed by atoms with van der Waals surface area (Å²) in [5.41, 5.74) is -0.227. The number of ether oxygens (including phenoxy) is 1. The van der Waals surface area contributed by atoms with E-state index in [4.69, 9.17) is 9.84 Å². The molecule has 1 aromatic heterocycles. The minimum absolute atomic E-state index is 0.0993. The minimum atomic E-state index is -1.12. The Morgan fingerprint density at radius 2 is 2.33 bits per heavy atom. The summed E-state index contributed by atoms with van der Waals surface area (Å²) >= 11 is 0.889. The Morgan fingerprint density at radius 3 is 2.95 bits per heavy atom. The fraction of sp³-hybridized carbons (Fsp3) is 0.200. The van der Waals surface area contributed by atoms with Gasteiger partial charge in [-0.2, -0.15) is 0 Å². The van der Waals surface area contributed by atoms with Crippen LogP contribution in [0.2, 0.25) is 0 Å². The molecule has 21 heavy (non-hydrogen) atoms. The van der Waals surface area contributed by atoms with Gasteiger partial charge < -0.3 is 9.84 Å². The number of rotatable bonds is 6. The van der Waals surface area contributed by atoms with Crippen molar-refractivity contribution >= 4 is 23.4 Å². The van der Waals surface area contributed by atoms with Crippen LogP contribution in [0.15, 0.2) is 28.3 Å². The van der Waals surface area contributed by atoms with Crippen molar-refractivity contribution in [3.8, 4) is 5.75 Å². The van der Waals surface area contributed by atoms with Gasteiger partial charge in [0.05, 0.1) is 16.9 Å². The monoisotopic (exact) mass is 311 g/mol. The maximum absolute atomic E-state index is 11.2. The van der Waals surface area contributed by atoms with Crippen LogP contribution in [0, 0.1) is 10.1 Å². The van der Waals surface area contributed by atoms with E-state index in [0.717, 1.165) is 16.4 Å². The summed E-state index contributed by atoms with van der Waals surface area (Å²) in [6, 6.07) is 4.55. The van der Waals surface area contributed by atoms with Crippen LogP contribution in [-0.2, 0) is 11.3 Å². The topological polar surface area (TPSA) is 133 Å². The number of methoxy groups -OCH3 is 1. The van der Waals surface area contributed by atoms with E-state index in [2.05, 4.69) is 15.5 Å². The van der Waals surface area contributed by atoms with E-state index >= 15 is 0 Å². The molecule has 0 spiro atoms. The Bertz CT molecular complexity index is 688. The van der Waals surface area contributed by atoms with Crippen LogP contribution in [0.4, 0.5) is 5.69 Å². The first kappa shape index (κ1) is 14.7. The lowest BCUT2D eigenvalue weighted by Gasteiger charge is -2.06. The molecule has 0 radical (unpaired) electrons. The first-order chi connectivity index (χ1) is 10.0. The molecule has 1 aromatic carbocycles. The van der Waals surface area contributed by atoms with Crippen molar-refractivity contribution in [1.82, 2.24) is 20.2 Å². The number of carbonyl (C=O) groups is 1. The largest absolute Gasteiger partial charge is 0.490 e. The number of tetrazole rings is 1. The normalized spacial score (nSPS) is 10.3. The van der Waals surface area contributed by atoms with E-state index in [1.165, 1.54) is 19.2 Å². The second kappa shape index (κ2) is 6.17. The predicted molar refractivity (Wildman–Crippen MR) is 69.2 cm³/mol. The molecule has 2 rings (SSSR count). The highest BCUT2D eigenvalue weighted by Gasteiger charge is 2.23. The Balaban J connectivity index is 2.38. The molecule has 10 nitrogen and oxygen atoms in total. The van der Waals surface area contributed by atoms with E-state index < -0.39 is 17.4 Å². The number of aliphatic carboxylic acids is 1. The van der Waals surface area contributed by atoms with Crippen molar-refractivity contribution in [2.75, 3.05) is 7.11 Å². The van der Waals surface area contributed by atoms with Crippen molar-refractivity contribution in [2.24, 2.45) is 0 Å². The van der Waals surface area contributed by atoms with Gasteiger partial charge in [0, 0.05) is 0 Å². The van der Waals surface area contributed by atoms with Gasteiger partial charge in [0.25, 0.3) is 0 Å². The van der Waals surface area contributed by atoms with Gasteiger partial charge in [-0.25, -0.2) is 4.68 Å². The van der Waals surface area contributed by atoms with Crippen molar-refractivity contribution < 1.29 is 19.6 Å². The molecule has 0 bridgehead atoms. The summed E-state index contributed by atoms with van der Waals surface area (Å²) in [5, 5.41) is 30.6. The fourth-order valence-corrected chi connectivity index (χ4v) is 2.42. The Hall–Kier alpha value is -2.69. The van der Waals surface area contributed by atoms with Gasteiger partial charge in [-0.15, -0.1) is 5.10 Å². The number of benzene rings is 1. The van der Waals surface area contributed by atoms with Crippen molar-refractivity contribution in [3.05, 3.63) is 28.3 Å². The maximum Gasteiger partial charge on any atom is 0.325 e. The fourth-order valence-electron chi connectivity index (χ4n) is 1.52. The van der Waals surface area contributed by atoms with E-state index in [0.29, 0.717) is 0 Å². The average Bonchev–Trinajstić information content (AvgIpc) is 2.84. The minimum Gasteiger partial charge on any atom is -0.490 e. The van der Waals surface area contributed by atoms with Gasteiger partial charge in [-0.3, -0.25) is 14.9 Å². The molecule has 0 fully saturated rings. The summed E-state index contributed by atoms with van der Waals surface area (Å²) in [6.45, 7) is -0.437. The van der Waals surface area contributed by atoms with E-state index in [1.54, 1.807) is 6.07 Å².